The molecule has 35 nitrogen and oxygen atoms in total. The lowest BCUT2D eigenvalue weighted by atomic mass is 10.2. The third-order valence-electron chi connectivity index (χ3n) is 18.2. The molecule has 0 amide bonds. The number of fused-ring (bicyclic) bond motifs is 5. The van der Waals surface area contributed by atoms with Gasteiger partial charge >= 0.3 is 0 Å². The molecule has 17 rings (SSSR count). The highest BCUT2D eigenvalue weighted by Crippen LogP contribution is 2.30. The standard InChI is InChI=1S/C17H20N6O.C17H22N6O.C16H15N7S.2C16H20N6O/c18-17-21-14-6-8-23(11-12-4-1-2-7-19-12)15(14)16(22-17)20-10-13-5-3-9-24-13;1-12(2)24-10-8-20-16-15-14(21-17(18)22-16)6-9-23(15)11-13-5-3-4-7-19-13;17-16-21-12-4-7-23(10-11-3-1-2-5-18-11)14(12)15(22-16)20-9-13-19-6-8-24-13;1-23-10-4-8-19-15-14-13(20-16(17)21-15)6-9-22(14)11-12-5-2-3-7-18-12;1-2-23-10-8-19-15-14-13(20-16(17)21-15)6-9-22(14)11-12-5-3-4-7-18-12/h1-2,4,6-8,13H,3,5,9-11H2,(H3,18,20,21,22);3-7,9,12H,8,10-11H2,1-2H3,(H3,18,20,21,22);1-8H,9-10H2,(H3,17,20,21,22);2-3,5-7,9H,4,8,10-11H2,1H3,(H3,17,19,20,21);3-7,9H,2,8,10-11H2,1H3,(H3,17,19,20,21). The van der Waals surface area contributed by atoms with Gasteiger partial charge in [0.2, 0.25) is 29.7 Å². The smallest absolute Gasteiger partial charge is 0.222 e. The summed E-state index contributed by atoms with van der Waals surface area (Å²) in [4.78, 5) is 69.5. The van der Waals surface area contributed by atoms with Crippen molar-refractivity contribution in [2.24, 2.45) is 0 Å². The van der Waals surface area contributed by atoms with Crippen LogP contribution in [0.25, 0.3) is 55.2 Å². The van der Waals surface area contributed by atoms with E-state index in [0.717, 1.165) is 139 Å². The Labute approximate surface area is 684 Å². The zero-order valence-electron chi connectivity index (χ0n) is 66.2. The Bertz CT molecular complexity index is 5620. The van der Waals surface area contributed by atoms with Crippen LogP contribution in [-0.4, -0.2) is 181 Å². The number of ether oxygens (including phenoxy) is 4. The number of hydrogen-bond donors (Lipinski definition) is 10. The van der Waals surface area contributed by atoms with E-state index in [1.807, 2.05) is 178 Å². The van der Waals surface area contributed by atoms with Gasteiger partial charge in [-0.15, -0.1) is 11.3 Å². The Hall–Kier alpha value is -13.7. The number of nitrogens with two attached hydrogens (primary N) is 5. The van der Waals surface area contributed by atoms with Crippen LogP contribution in [0.3, 0.4) is 0 Å². The molecule has 1 fully saturated rings. The topological polar surface area (TPSA) is 458 Å². The lowest BCUT2D eigenvalue weighted by Crippen LogP contribution is -2.20. The van der Waals surface area contributed by atoms with Crippen LogP contribution in [0.1, 0.15) is 73.5 Å². The van der Waals surface area contributed by atoms with Gasteiger partial charge in [-0.3, -0.25) is 24.9 Å². The number of methoxy groups -OCH3 is 1. The molecular formula is C82H97N31O4S. The summed E-state index contributed by atoms with van der Waals surface area (Å²) in [6, 6.07) is 39.1. The van der Waals surface area contributed by atoms with Gasteiger partial charge < -0.3 is 97.0 Å². The fourth-order valence-electron chi connectivity index (χ4n) is 13.0. The number of hydrogen-bond acceptors (Lipinski definition) is 31. The van der Waals surface area contributed by atoms with Crippen LogP contribution in [0.2, 0.25) is 0 Å². The van der Waals surface area contributed by atoms with E-state index < -0.39 is 0 Å². The molecule has 610 valence electrons. The van der Waals surface area contributed by atoms with Crippen molar-refractivity contribution in [3.05, 3.63) is 228 Å². The van der Waals surface area contributed by atoms with Gasteiger partial charge in [0.15, 0.2) is 29.1 Å². The quantitative estimate of drug-likeness (QED) is 0.0180. The number of thiazole rings is 1. The molecule has 0 aliphatic carbocycles. The first-order valence-corrected chi connectivity index (χ1v) is 39.6. The highest BCUT2D eigenvalue weighted by atomic mass is 32.1. The third kappa shape index (κ3) is 22.9. The van der Waals surface area contributed by atoms with Gasteiger partial charge in [0, 0.05) is 127 Å². The molecule has 17 heterocycles. The van der Waals surface area contributed by atoms with Crippen molar-refractivity contribution in [2.45, 2.75) is 91.5 Å². The Morgan fingerprint density at radius 2 is 0.780 bits per heavy atom. The van der Waals surface area contributed by atoms with E-state index in [1.54, 1.807) is 55.6 Å². The van der Waals surface area contributed by atoms with Crippen LogP contribution >= 0.6 is 11.3 Å². The molecule has 1 unspecified atom stereocenters. The van der Waals surface area contributed by atoms with Crippen LogP contribution in [0.4, 0.5) is 58.8 Å². The molecule has 16 aromatic rings. The Morgan fingerprint density at radius 1 is 0.424 bits per heavy atom. The highest BCUT2D eigenvalue weighted by molar-refractivity contribution is 7.09. The van der Waals surface area contributed by atoms with Crippen LogP contribution in [0.15, 0.2) is 195 Å². The maximum Gasteiger partial charge on any atom is 0.222 e. The largest absolute Gasteiger partial charge is 0.385 e. The normalized spacial score (nSPS) is 12.4. The molecule has 1 atom stereocenters. The highest BCUT2D eigenvalue weighted by Gasteiger charge is 2.21. The van der Waals surface area contributed by atoms with Crippen molar-refractivity contribution >= 4 is 125 Å². The van der Waals surface area contributed by atoms with Gasteiger partial charge in [0.25, 0.3) is 0 Å². The number of rotatable bonds is 31. The first kappa shape index (κ1) is 82.3. The van der Waals surface area contributed by atoms with Gasteiger partial charge in [0.05, 0.1) is 121 Å². The van der Waals surface area contributed by atoms with Gasteiger partial charge in [-0.1, -0.05) is 30.3 Å². The summed E-state index contributed by atoms with van der Waals surface area (Å²) in [5.41, 5.74) is 42.7. The van der Waals surface area contributed by atoms with E-state index in [1.165, 1.54) is 0 Å². The average Bonchev–Trinajstić information content (AvgIpc) is 1.67. The maximum atomic E-state index is 5.86. The minimum absolute atomic E-state index is 0.204. The van der Waals surface area contributed by atoms with Crippen molar-refractivity contribution in [3.8, 4) is 0 Å². The molecule has 1 saturated heterocycles. The molecular weight excluding hydrogens is 1520 g/mol. The van der Waals surface area contributed by atoms with Crippen LogP contribution < -0.4 is 55.3 Å². The predicted molar refractivity (Wildman–Crippen MR) is 463 cm³/mol. The van der Waals surface area contributed by atoms with Crippen molar-refractivity contribution < 1.29 is 18.9 Å². The molecule has 0 bridgehead atoms. The minimum Gasteiger partial charge on any atom is -0.385 e. The van der Waals surface area contributed by atoms with E-state index in [2.05, 4.69) is 129 Å². The first-order valence-electron chi connectivity index (χ1n) is 38.8. The molecule has 0 radical (unpaired) electrons. The molecule has 1 aliphatic heterocycles. The number of aromatic nitrogens is 21. The molecule has 118 heavy (non-hydrogen) atoms. The Kier molecular flexibility index (Phi) is 29.0. The van der Waals surface area contributed by atoms with Crippen molar-refractivity contribution in [2.75, 3.05) is 122 Å². The first-order chi connectivity index (χ1) is 57.8. The monoisotopic (exact) mass is 1610 g/mol. The second-order valence-electron chi connectivity index (χ2n) is 27.2. The maximum absolute atomic E-state index is 5.86. The van der Waals surface area contributed by atoms with Gasteiger partial charge in [-0.25, -0.2) is 29.9 Å². The fraction of sp³-hybridized carbons (Fsp3) is 0.293. The second-order valence-corrected chi connectivity index (χ2v) is 28.2. The molecule has 36 heteroatoms. The minimum atomic E-state index is 0.204. The summed E-state index contributed by atoms with van der Waals surface area (Å²) in [5.74, 6) is 4.92. The molecule has 0 saturated carbocycles. The van der Waals surface area contributed by atoms with E-state index in [0.29, 0.717) is 96.2 Å². The van der Waals surface area contributed by atoms with E-state index in [4.69, 9.17) is 47.6 Å². The second kappa shape index (κ2) is 41.6. The van der Waals surface area contributed by atoms with E-state index >= 15 is 0 Å². The summed E-state index contributed by atoms with van der Waals surface area (Å²) in [6.07, 6.45) is 24.2. The molecule has 16 aromatic heterocycles. The lowest BCUT2D eigenvalue weighted by Gasteiger charge is -2.14. The molecule has 0 spiro atoms. The molecule has 15 N–H and O–H groups in total. The average molecular weight is 1610 g/mol. The van der Waals surface area contributed by atoms with Crippen molar-refractivity contribution in [1.29, 1.82) is 0 Å². The van der Waals surface area contributed by atoms with Crippen LogP contribution in [-0.2, 0) is 58.2 Å². The molecule has 0 aromatic carbocycles. The summed E-state index contributed by atoms with van der Waals surface area (Å²) in [7, 11) is 1.69. The van der Waals surface area contributed by atoms with Crippen LogP contribution in [0, 0.1) is 0 Å². The van der Waals surface area contributed by atoms with E-state index in [9.17, 15) is 0 Å². The van der Waals surface area contributed by atoms with E-state index in [-0.39, 0.29) is 41.9 Å². The number of anilines is 10. The van der Waals surface area contributed by atoms with Gasteiger partial charge in [-0.2, -0.15) is 24.9 Å². The van der Waals surface area contributed by atoms with Crippen LogP contribution in [0.5, 0.6) is 0 Å². The van der Waals surface area contributed by atoms with Gasteiger partial charge in [-0.05, 0) is 131 Å². The number of nitrogens with zero attached hydrogens (tertiary/aromatic N) is 21. The number of nitrogens with one attached hydrogen (secondary N) is 5. The number of nitrogen functional groups attached to an aromatic ring is 5. The summed E-state index contributed by atoms with van der Waals surface area (Å²) in [5, 5.41) is 19.5. The van der Waals surface area contributed by atoms with Crippen molar-refractivity contribution in [3.63, 3.8) is 0 Å². The summed E-state index contributed by atoms with van der Waals surface area (Å²) >= 11 is 1.60. The lowest BCUT2D eigenvalue weighted by molar-refractivity contribution is 0.0870. The predicted octanol–water partition coefficient (Wildman–Crippen LogP) is 10.7. The number of pyridine rings is 5. The SMILES string of the molecule is CC(C)OCCNc1nc(N)nc2ccn(Cc3ccccn3)c12.CCOCCNc1nc(N)nc2ccn(Cc3ccccn3)c12.COCCCNc1nc(N)nc2ccn(Cc3ccccn3)c12.Nc1nc(NCC2CCCO2)c2c(ccn2Cc2ccccn2)n1.Nc1nc(NCc2nccs2)c2c(ccn2Cc2ccccn2)n1. The Morgan fingerprint density at radius 3 is 1.09 bits per heavy atom. The zero-order chi connectivity index (χ0) is 81.8. The Balaban J connectivity index is 0.000000128. The fourth-order valence-corrected chi connectivity index (χ4v) is 13.6. The zero-order valence-corrected chi connectivity index (χ0v) is 67.0. The third-order valence-corrected chi connectivity index (χ3v) is 19.0. The summed E-state index contributed by atoms with van der Waals surface area (Å²) < 4.78 is 32.0. The summed E-state index contributed by atoms with van der Waals surface area (Å²) in [6.45, 7) is 16.1. The molecule has 1 aliphatic rings. The van der Waals surface area contributed by atoms with Crippen molar-refractivity contribution in [1.82, 2.24) is 103 Å². The van der Waals surface area contributed by atoms with Gasteiger partial charge in [0.1, 0.15) is 32.6 Å².